The second kappa shape index (κ2) is 3.45. The molecule has 0 atom stereocenters. The second-order valence-electron chi connectivity index (χ2n) is 2.50. The first-order valence-electron chi connectivity index (χ1n) is 3.75. The zero-order chi connectivity index (χ0) is 9.97. The number of aromatic nitrogens is 1. The average molecular weight is 204 g/mol. The van der Waals surface area contributed by atoms with E-state index in [9.17, 15) is 4.79 Å². The monoisotopic (exact) mass is 204 g/mol. The van der Waals surface area contributed by atoms with E-state index < -0.39 is 5.91 Å². The first-order valence-corrected chi connectivity index (χ1v) is 4.57. The molecule has 2 aromatic rings. The van der Waals surface area contributed by atoms with E-state index in [1.165, 1.54) is 11.3 Å². The van der Waals surface area contributed by atoms with Gasteiger partial charge in [0.15, 0.2) is 0 Å². The van der Waals surface area contributed by atoms with Crippen LogP contribution in [0.3, 0.4) is 0 Å². The predicted molar refractivity (Wildman–Crippen MR) is 53.1 cm³/mol. The van der Waals surface area contributed by atoms with Gasteiger partial charge in [-0.05, 0) is 22.8 Å². The lowest BCUT2D eigenvalue weighted by molar-refractivity contribution is 0.100. The molecule has 0 spiro atoms. The largest absolute Gasteiger partial charge is 0.286 e. The number of rotatable bonds is 1. The van der Waals surface area contributed by atoms with E-state index in [-0.39, 0.29) is 0 Å². The van der Waals surface area contributed by atoms with E-state index in [0.717, 1.165) is 10.2 Å². The SMILES string of the molecule is [N-]=[N+]=NC(=O)c1cc2cccnc2s1. The van der Waals surface area contributed by atoms with E-state index in [4.69, 9.17) is 5.53 Å². The van der Waals surface area contributed by atoms with Gasteiger partial charge in [-0.15, -0.1) is 11.3 Å². The van der Waals surface area contributed by atoms with Gasteiger partial charge in [0, 0.05) is 16.5 Å². The number of azide groups is 1. The Morgan fingerprint density at radius 1 is 1.64 bits per heavy atom. The van der Waals surface area contributed by atoms with Crippen LogP contribution in [0.1, 0.15) is 9.67 Å². The van der Waals surface area contributed by atoms with Crippen molar-refractivity contribution in [1.29, 1.82) is 0 Å². The van der Waals surface area contributed by atoms with Gasteiger partial charge in [-0.25, -0.2) is 4.98 Å². The summed E-state index contributed by atoms with van der Waals surface area (Å²) in [5, 5.41) is 3.90. The minimum atomic E-state index is -0.560. The molecule has 0 saturated carbocycles. The maximum absolute atomic E-state index is 11.2. The first-order chi connectivity index (χ1) is 6.81. The van der Waals surface area contributed by atoms with Gasteiger partial charge in [-0.3, -0.25) is 4.79 Å². The highest BCUT2D eigenvalue weighted by molar-refractivity contribution is 7.20. The highest BCUT2D eigenvalue weighted by atomic mass is 32.1. The highest BCUT2D eigenvalue weighted by Crippen LogP contribution is 2.23. The molecule has 0 aromatic carbocycles. The molecule has 2 aromatic heterocycles. The van der Waals surface area contributed by atoms with Gasteiger partial charge in [0.25, 0.3) is 5.91 Å². The Bertz CT molecular complexity index is 508. The number of amides is 1. The van der Waals surface area contributed by atoms with Crippen LogP contribution in [0.2, 0.25) is 0 Å². The maximum atomic E-state index is 11.2. The fourth-order valence-corrected chi connectivity index (χ4v) is 1.95. The Kier molecular flexibility index (Phi) is 2.14. The number of thiophene rings is 1. The summed E-state index contributed by atoms with van der Waals surface area (Å²) in [6.07, 6.45) is 1.65. The molecule has 0 aliphatic rings. The summed E-state index contributed by atoms with van der Waals surface area (Å²) in [7, 11) is 0. The van der Waals surface area contributed by atoms with Gasteiger partial charge >= 0.3 is 0 Å². The standard InChI is InChI=1S/C8H4N4OS/c9-12-11-7(13)6-4-5-2-1-3-10-8(5)14-6/h1-4H. The summed E-state index contributed by atoms with van der Waals surface area (Å²) in [6, 6.07) is 5.31. The van der Waals surface area contributed by atoms with E-state index in [2.05, 4.69) is 15.0 Å². The molecule has 0 N–H and O–H groups in total. The first kappa shape index (κ1) is 8.68. The van der Waals surface area contributed by atoms with Gasteiger partial charge in [0.05, 0.1) is 4.88 Å². The lowest BCUT2D eigenvalue weighted by Gasteiger charge is -1.81. The van der Waals surface area contributed by atoms with E-state index in [0.29, 0.717) is 4.88 Å². The van der Waals surface area contributed by atoms with Gasteiger partial charge in [0.2, 0.25) is 0 Å². The Labute approximate surface area is 82.6 Å². The molecule has 0 saturated heterocycles. The van der Waals surface area contributed by atoms with Gasteiger partial charge in [-0.2, -0.15) is 0 Å². The lowest BCUT2D eigenvalue weighted by atomic mass is 10.3. The van der Waals surface area contributed by atoms with Crippen LogP contribution < -0.4 is 0 Å². The Morgan fingerprint density at radius 3 is 3.21 bits per heavy atom. The van der Waals surface area contributed by atoms with Crippen molar-refractivity contribution in [2.75, 3.05) is 0 Å². The fraction of sp³-hybridized carbons (Fsp3) is 0. The van der Waals surface area contributed by atoms with Crippen LogP contribution in [-0.4, -0.2) is 10.9 Å². The molecule has 0 radical (unpaired) electrons. The summed E-state index contributed by atoms with van der Waals surface area (Å²) in [5.74, 6) is -0.560. The molecule has 0 fully saturated rings. The minimum absolute atomic E-state index is 0.413. The molecule has 0 bridgehead atoms. The van der Waals surface area contributed by atoms with Crippen LogP contribution in [-0.2, 0) is 0 Å². The predicted octanol–water partition coefficient (Wildman–Crippen LogP) is 2.75. The molecule has 6 heteroatoms. The van der Waals surface area contributed by atoms with Crippen LogP contribution in [0.25, 0.3) is 20.7 Å². The highest BCUT2D eigenvalue weighted by Gasteiger charge is 2.08. The summed E-state index contributed by atoms with van der Waals surface area (Å²) >= 11 is 1.22. The second-order valence-corrected chi connectivity index (χ2v) is 3.53. The third-order valence-corrected chi connectivity index (χ3v) is 2.69. The molecule has 5 nitrogen and oxygen atoms in total. The van der Waals surface area contributed by atoms with E-state index in [1.807, 2.05) is 6.07 Å². The molecule has 2 rings (SSSR count). The van der Waals surface area contributed by atoms with Crippen molar-refractivity contribution in [2.24, 2.45) is 5.11 Å². The number of nitrogens with zero attached hydrogens (tertiary/aromatic N) is 4. The summed E-state index contributed by atoms with van der Waals surface area (Å²) in [5.41, 5.74) is 8.10. The fourth-order valence-electron chi connectivity index (χ4n) is 1.07. The van der Waals surface area contributed by atoms with Crippen molar-refractivity contribution in [3.8, 4) is 0 Å². The quantitative estimate of drug-likeness (QED) is 0.406. The summed E-state index contributed by atoms with van der Waals surface area (Å²) in [6.45, 7) is 0. The molecule has 2 heterocycles. The van der Waals surface area contributed by atoms with Gasteiger partial charge < -0.3 is 0 Å². The number of hydrogen-bond acceptors (Lipinski definition) is 3. The number of fused-ring (bicyclic) bond motifs is 1. The maximum Gasteiger partial charge on any atom is 0.259 e. The average Bonchev–Trinajstić information content (AvgIpc) is 2.61. The Hall–Kier alpha value is -1.91. The van der Waals surface area contributed by atoms with Crippen LogP contribution in [0, 0.1) is 0 Å². The van der Waals surface area contributed by atoms with Crippen molar-refractivity contribution in [2.45, 2.75) is 0 Å². The molecule has 14 heavy (non-hydrogen) atoms. The van der Waals surface area contributed by atoms with Crippen molar-refractivity contribution in [3.05, 3.63) is 39.7 Å². The topological polar surface area (TPSA) is 78.7 Å². The third-order valence-electron chi connectivity index (χ3n) is 1.64. The number of pyridine rings is 1. The van der Waals surface area contributed by atoms with Crippen molar-refractivity contribution in [1.82, 2.24) is 4.98 Å². The molecule has 0 aliphatic carbocycles. The molecular formula is C8H4N4OS. The molecule has 1 amide bonds. The summed E-state index contributed by atoms with van der Waals surface area (Å²) < 4.78 is 0. The zero-order valence-electron chi connectivity index (χ0n) is 6.91. The Morgan fingerprint density at radius 2 is 2.50 bits per heavy atom. The van der Waals surface area contributed by atoms with Crippen LogP contribution >= 0.6 is 11.3 Å². The number of hydrogen-bond donors (Lipinski definition) is 0. The number of carbonyl (C=O) groups excluding carboxylic acids is 1. The third kappa shape index (κ3) is 1.44. The van der Waals surface area contributed by atoms with Crippen molar-refractivity contribution < 1.29 is 4.79 Å². The van der Waals surface area contributed by atoms with E-state index in [1.54, 1.807) is 18.3 Å². The number of carbonyl (C=O) groups is 1. The van der Waals surface area contributed by atoms with Crippen molar-refractivity contribution >= 4 is 27.5 Å². The molecule has 68 valence electrons. The normalized spacial score (nSPS) is 9.71. The molecule has 0 unspecified atom stereocenters. The van der Waals surface area contributed by atoms with Crippen LogP contribution in [0.5, 0.6) is 0 Å². The summed E-state index contributed by atoms with van der Waals surface area (Å²) in [4.78, 5) is 18.9. The van der Waals surface area contributed by atoms with Crippen LogP contribution in [0.15, 0.2) is 29.5 Å². The smallest absolute Gasteiger partial charge is 0.259 e. The van der Waals surface area contributed by atoms with Crippen LogP contribution in [0.4, 0.5) is 0 Å². The van der Waals surface area contributed by atoms with E-state index >= 15 is 0 Å². The minimum Gasteiger partial charge on any atom is -0.286 e. The zero-order valence-corrected chi connectivity index (χ0v) is 7.73. The molecule has 0 aliphatic heterocycles. The van der Waals surface area contributed by atoms with Crippen molar-refractivity contribution in [3.63, 3.8) is 0 Å². The Balaban J connectivity index is 2.55. The lowest BCUT2D eigenvalue weighted by Crippen LogP contribution is -1.86. The molecular weight excluding hydrogens is 200 g/mol. The van der Waals surface area contributed by atoms with Gasteiger partial charge in [-0.1, -0.05) is 6.07 Å². The van der Waals surface area contributed by atoms with Gasteiger partial charge in [0.1, 0.15) is 4.83 Å².